The maximum absolute atomic E-state index is 13.0. The average molecular weight is 345 g/mol. The van der Waals surface area contributed by atoms with E-state index in [4.69, 9.17) is 4.52 Å². The highest BCUT2D eigenvalue weighted by Crippen LogP contribution is 2.43. The standard InChI is InChI=1S/C19H27N3O3/c1-13-16(14(2)25-20-13)17(23)21-9-3-6-19(7-10-21)8-11-22(18(19)24)12-15-4-5-15/h15H,3-12H2,1-2H3/t19-/m0/s1. The smallest absolute Gasteiger partial charge is 0.259 e. The number of hydrogen-bond donors (Lipinski definition) is 0. The topological polar surface area (TPSA) is 66.7 Å². The van der Waals surface area contributed by atoms with Gasteiger partial charge in [-0.15, -0.1) is 0 Å². The Bertz CT molecular complexity index is 675. The van der Waals surface area contributed by atoms with Gasteiger partial charge in [0.1, 0.15) is 11.3 Å². The van der Waals surface area contributed by atoms with E-state index in [-0.39, 0.29) is 11.3 Å². The number of carbonyl (C=O) groups is 2. The molecule has 2 amide bonds. The molecule has 1 aromatic rings. The minimum Gasteiger partial charge on any atom is -0.361 e. The van der Waals surface area contributed by atoms with Gasteiger partial charge >= 0.3 is 0 Å². The van der Waals surface area contributed by atoms with Crippen LogP contribution in [0.1, 0.15) is 60.3 Å². The van der Waals surface area contributed by atoms with Crippen LogP contribution in [0.3, 0.4) is 0 Å². The van der Waals surface area contributed by atoms with Crippen molar-refractivity contribution in [1.29, 1.82) is 0 Å². The Hall–Kier alpha value is -1.85. The molecule has 3 fully saturated rings. The molecule has 1 atom stereocenters. The summed E-state index contributed by atoms with van der Waals surface area (Å²) >= 11 is 0. The number of aromatic nitrogens is 1. The Morgan fingerprint density at radius 1 is 1.20 bits per heavy atom. The monoisotopic (exact) mass is 345 g/mol. The van der Waals surface area contributed by atoms with E-state index in [0.29, 0.717) is 36.0 Å². The van der Waals surface area contributed by atoms with Crippen LogP contribution in [-0.4, -0.2) is 52.9 Å². The lowest BCUT2D eigenvalue weighted by Crippen LogP contribution is -2.37. The summed E-state index contributed by atoms with van der Waals surface area (Å²) in [4.78, 5) is 29.9. The van der Waals surface area contributed by atoms with Gasteiger partial charge in [-0.05, 0) is 58.3 Å². The summed E-state index contributed by atoms with van der Waals surface area (Å²) < 4.78 is 5.15. The second kappa shape index (κ2) is 6.15. The number of likely N-dealkylation sites (tertiary alicyclic amines) is 2. The molecule has 0 radical (unpaired) electrons. The maximum Gasteiger partial charge on any atom is 0.259 e. The number of aryl methyl sites for hydroxylation is 2. The van der Waals surface area contributed by atoms with Crippen molar-refractivity contribution in [1.82, 2.24) is 15.0 Å². The minimum absolute atomic E-state index is 0.00594. The molecule has 0 bridgehead atoms. The fraction of sp³-hybridized carbons (Fsp3) is 0.737. The molecule has 1 saturated carbocycles. The zero-order chi connectivity index (χ0) is 17.6. The summed E-state index contributed by atoms with van der Waals surface area (Å²) in [5.74, 6) is 1.65. The zero-order valence-corrected chi connectivity index (χ0v) is 15.2. The molecule has 1 spiro atoms. The Morgan fingerprint density at radius 3 is 2.64 bits per heavy atom. The van der Waals surface area contributed by atoms with Crippen LogP contribution in [0.5, 0.6) is 0 Å². The molecule has 0 unspecified atom stereocenters. The Morgan fingerprint density at radius 2 is 1.96 bits per heavy atom. The molecule has 4 rings (SSSR count). The lowest BCUT2D eigenvalue weighted by atomic mass is 9.79. The molecule has 25 heavy (non-hydrogen) atoms. The van der Waals surface area contributed by atoms with Crippen molar-refractivity contribution < 1.29 is 14.1 Å². The molecule has 0 N–H and O–H groups in total. The second-order valence-electron chi connectivity index (χ2n) is 8.07. The van der Waals surface area contributed by atoms with Crippen molar-refractivity contribution in [3.8, 4) is 0 Å². The van der Waals surface area contributed by atoms with E-state index in [9.17, 15) is 9.59 Å². The van der Waals surface area contributed by atoms with Crippen molar-refractivity contribution in [2.45, 2.75) is 52.4 Å². The zero-order valence-electron chi connectivity index (χ0n) is 15.2. The van der Waals surface area contributed by atoms with E-state index in [2.05, 4.69) is 10.1 Å². The normalized spacial score (nSPS) is 27.2. The molecule has 6 heteroatoms. The first-order valence-electron chi connectivity index (χ1n) is 9.52. The summed E-state index contributed by atoms with van der Waals surface area (Å²) in [7, 11) is 0. The third-order valence-electron chi connectivity index (χ3n) is 6.25. The molecule has 1 aromatic heterocycles. The SMILES string of the molecule is Cc1noc(C)c1C(=O)N1CCC[C@]2(CC1)CCN(CC1CC1)C2=O. The van der Waals surface area contributed by atoms with Gasteiger partial charge < -0.3 is 14.3 Å². The molecular weight excluding hydrogens is 318 g/mol. The minimum atomic E-state index is -0.233. The molecule has 6 nitrogen and oxygen atoms in total. The van der Waals surface area contributed by atoms with E-state index in [1.54, 1.807) is 13.8 Å². The first-order chi connectivity index (χ1) is 12.0. The fourth-order valence-electron chi connectivity index (χ4n) is 4.49. The predicted molar refractivity (Wildman–Crippen MR) is 92.1 cm³/mol. The van der Waals surface area contributed by atoms with Crippen molar-refractivity contribution in [2.75, 3.05) is 26.2 Å². The highest BCUT2D eigenvalue weighted by molar-refractivity contribution is 5.96. The molecule has 136 valence electrons. The van der Waals surface area contributed by atoms with Crippen molar-refractivity contribution in [2.24, 2.45) is 11.3 Å². The molecule has 3 heterocycles. The van der Waals surface area contributed by atoms with Gasteiger partial charge in [0.2, 0.25) is 5.91 Å². The van der Waals surface area contributed by atoms with Crippen LogP contribution in [0.15, 0.2) is 4.52 Å². The van der Waals surface area contributed by atoms with E-state index < -0.39 is 0 Å². The van der Waals surface area contributed by atoms with E-state index >= 15 is 0 Å². The van der Waals surface area contributed by atoms with Crippen molar-refractivity contribution >= 4 is 11.8 Å². The molecular formula is C19H27N3O3. The molecule has 3 aliphatic rings. The van der Waals surface area contributed by atoms with Gasteiger partial charge in [-0.25, -0.2) is 0 Å². The average Bonchev–Trinajstić information content (AvgIpc) is 3.32. The van der Waals surface area contributed by atoms with Crippen molar-refractivity contribution in [3.63, 3.8) is 0 Å². The number of amides is 2. The first kappa shape index (κ1) is 16.6. The van der Waals surface area contributed by atoms with Crippen LogP contribution in [0.25, 0.3) is 0 Å². The highest BCUT2D eigenvalue weighted by atomic mass is 16.5. The van der Waals surface area contributed by atoms with E-state index in [0.717, 1.165) is 44.7 Å². The van der Waals surface area contributed by atoms with Crippen LogP contribution in [0.2, 0.25) is 0 Å². The molecule has 2 aliphatic heterocycles. The third kappa shape index (κ3) is 2.96. The van der Waals surface area contributed by atoms with Crippen LogP contribution >= 0.6 is 0 Å². The van der Waals surface area contributed by atoms with Gasteiger partial charge in [0.15, 0.2) is 0 Å². The predicted octanol–water partition coefficient (Wildman–Crippen LogP) is 2.55. The van der Waals surface area contributed by atoms with Gasteiger partial charge in [-0.2, -0.15) is 0 Å². The van der Waals surface area contributed by atoms with Crippen molar-refractivity contribution in [3.05, 3.63) is 17.0 Å². The van der Waals surface area contributed by atoms with Gasteiger partial charge in [0.05, 0.1) is 11.1 Å². The van der Waals surface area contributed by atoms with Crippen LogP contribution in [0, 0.1) is 25.2 Å². The number of hydrogen-bond acceptors (Lipinski definition) is 4. The lowest BCUT2D eigenvalue weighted by Gasteiger charge is -2.26. The number of carbonyl (C=O) groups excluding carboxylic acids is 2. The molecule has 1 aliphatic carbocycles. The van der Waals surface area contributed by atoms with Gasteiger partial charge in [0, 0.05) is 26.2 Å². The summed E-state index contributed by atoms with van der Waals surface area (Å²) in [6.45, 7) is 6.78. The Balaban J connectivity index is 1.45. The molecule has 0 aromatic carbocycles. The Labute approximate surface area is 148 Å². The third-order valence-corrected chi connectivity index (χ3v) is 6.25. The molecule has 2 saturated heterocycles. The highest BCUT2D eigenvalue weighted by Gasteiger charge is 2.48. The van der Waals surface area contributed by atoms with E-state index in [1.807, 2.05) is 4.90 Å². The Kier molecular flexibility index (Phi) is 4.08. The fourth-order valence-corrected chi connectivity index (χ4v) is 4.49. The maximum atomic E-state index is 13.0. The largest absolute Gasteiger partial charge is 0.361 e. The van der Waals surface area contributed by atoms with Crippen LogP contribution in [-0.2, 0) is 4.79 Å². The van der Waals surface area contributed by atoms with Gasteiger partial charge in [-0.3, -0.25) is 9.59 Å². The van der Waals surface area contributed by atoms with Gasteiger partial charge in [0.25, 0.3) is 5.91 Å². The summed E-state index contributed by atoms with van der Waals surface area (Å²) in [6.07, 6.45) is 6.07. The second-order valence-corrected chi connectivity index (χ2v) is 8.07. The first-order valence-corrected chi connectivity index (χ1v) is 9.52. The lowest BCUT2D eigenvalue weighted by molar-refractivity contribution is -0.136. The summed E-state index contributed by atoms with van der Waals surface area (Å²) in [6, 6.07) is 0. The summed E-state index contributed by atoms with van der Waals surface area (Å²) in [5.41, 5.74) is 1.00. The van der Waals surface area contributed by atoms with E-state index in [1.165, 1.54) is 12.8 Å². The van der Waals surface area contributed by atoms with Crippen LogP contribution in [0.4, 0.5) is 0 Å². The van der Waals surface area contributed by atoms with Crippen LogP contribution < -0.4 is 0 Å². The van der Waals surface area contributed by atoms with Gasteiger partial charge in [-0.1, -0.05) is 5.16 Å². The number of nitrogens with zero attached hydrogens (tertiary/aromatic N) is 3. The summed E-state index contributed by atoms with van der Waals surface area (Å²) in [5, 5.41) is 3.90. The number of rotatable bonds is 3. The quantitative estimate of drug-likeness (QED) is 0.844.